The van der Waals surface area contributed by atoms with Gasteiger partial charge in [0.2, 0.25) is 0 Å². The maximum absolute atomic E-state index is 5.84. The Morgan fingerprint density at radius 1 is 1.41 bits per heavy atom. The Morgan fingerprint density at radius 3 is 2.94 bits per heavy atom. The summed E-state index contributed by atoms with van der Waals surface area (Å²) in [5.41, 5.74) is 7.70. The smallest absolute Gasteiger partial charge is 0.131 e. The molecule has 0 unspecified atom stereocenters. The zero-order valence-corrected chi connectivity index (χ0v) is 10.2. The molecule has 0 aliphatic rings. The molecule has 0 aromatic carbocycles. The second kappa shape index (κ2) is 5.16. The summed E-state index contributed by atoms with van der Waals surface area (Å²) < 4.78 is 6.77. The Labute approximate surface area is 104 Å². The van der Waals surface area contributed by atoms with Crippen LogP contribution >= 0.6 is 11.6 Å². The normalized spacial score (nSPS) is 10.7. The summed E-state index contributed by atoms with van der Waals surface area (Å²) in [7, 11) is 1.66. The van der Waals surface area contributed by atoms with Crippen molar-refractivity contribution in [3.05, 3.63) is 29.5 Å². The SMILES string of the molecule is COCCn1ccc(-c2cc(N)cc(Cl)n2)n1. The number of pyridine rings is 1. The number of nitrogen functional groups attached to an aromatic ring is 1. The van der Waals surface area contributed by atoms with E-state index in [1.54, 1.807) is 23.9 Å². The molecule has 2 heterocycles. The first-order chi connectivity index (χ1) is 8.19. The minimum atomic E-state index is 0.367. The molecule has 2 aromatic rings. The van der Waals surface area contributed by atoms with E-state index >= 15 is 0 Å². The Balaban J connectivity index is 2.24. The monoisotopic (exact) mass is 252 g/mol. The van der Waals surface area contributed by atoms with E-state index in [2.05, 4.69) is 10.1 Å². The third kappa shape index (κ3) is 2.95. The molecular weight excluding hydrogens is 240 g/mol. The highest BCUT2D eigenvalue weighted by molar-refractivity contribution is 6.29. The third-order valence-corrected chi connectivity index (χ3v) is 2.44. The van der Waals surface area contributed by atoms with Gasteiger partial charge in [-0.15, -0.1) is 0 Å². The fourth-order valence-electron chi connectivity index (χ4n) is 1.46. The summed E-state index contributed by atoms with van der Waals surface area (Å²) in [5.74, 6) is 0. The molecule has 0 spiro atoms. The lowest BCUT2D eigenvalue weighted by Crippen LogP contribution is -2.04. The molecule has 6 heteroatoms. The van der Waals surface area contributed by atoms with E-state index in [1.807, 2.05) is 12.3 Å². The first-order valence-electron chi connectivity index (χ1n) is 5.15. The minimum absolute atomic E-state index is 0.367. The van der Waals surface area contributed by atoms with Crippen molar-refractivity contribution in [2.24, 2.45) is 0 Å². The highest BCUT2D eigenvalue weighted by Crippen LogP contribution is 2.20. The highest BCUT2D eigenvalue weighted by Gasteiger charge is 2.06. The number of hydrogen-bond donors (Lipinski definition) is 1. The Morgan fingerprint density at radius 2 is 2.24 bits per heavy atom. The fraction of sp³-hybridized carbons (Fsp3) is 0.273. The number of ether oxygens (including phenoxy) is 1. The average molecular weight is 253 g/mol. The minimum Gasteiger partial charge on any atom is -0.399 e. The van der Waals surface area contributed by atoms with Gasteiger partial charge >= 0.3 is 0 Å². The summed E-state index contributed by atoms with van der Waals surface area (Å²) in [5, 5.41) is 4.73. The van der Waals surface area contributed by atoms with Crippen LogP contribution in [0.4, 0.5) is 5.69 Å². The zero-order valence-electron chi connectivity index (χ0n) is 9.43. The van der Waals surface area contributed by atoms with Crippen LogP contribution in [0.2, 0.25) is 5.15 Å². The molecule has 0 fully saturated rings. The van der Waals surface area contributed by atoms with E-state index in [-0.39, 0.29) is 0 Å². The largest absolute Gasteiger partial charge is 0.399 e. The number of nitrogens with zero attached hydrogens (tertiary/aromatic N) is 3. The second-order valence-corrected chi connectivity index (χ2v) is 3.95. The summed E-state index contributed by atoms with van der Waals surface area (Å²) in [6.45, 7) is 1.32. The summed E-state index contributed by atoms with van der Waals surface area (Å²) >= 11 is 5.84. The molecule has 2 N–H and O–H groups in total. The van der Waals surface area contributed by atoms with Crippen molar-refractivity contribution >= 4 is 17.3 Å². The van der Waals surface area contributed by atoms with Gasteiger partial charge in [0.15, 0.2) is 0 Å². The summed E-state index contributed by atoms with van der Waals surface area (Å²) in [6, 6.07) is 5.22. The molecule has 0 radical (unpaired) electrons. The van der Waals surface area contributed by atoms with E-state index in [1.165, 1.54) is 0 Å². The molecule has 0 aliphatic carbocycles. The molecule has 0 saturated carbocycles. The van der Waals surface area contributed by atoms with Gasteiger partial charge in [0, 0.05) is 19.0 Å². The van der Waals surface area contributed by atoms with Gasteiger partial charge < -0.3 is 10.5 Å². The number of hydrogen-bond acceptors (Lipinski definition) is 4. The van der Waals surface area contributed by atoms with Crippen LogP contribution in [0.25, 0.3) is 11.4 Å². The van der Waals surface area contributed by atoms with E-state index in [0.29, 0.717) is 29.7 Å². The number of anilines is 1. The first kappa shape index (κ1) is 11.9. The van der Waals surface area contributed by atoms with Crippen LogP contribution in [0.5, 0.6) is 0 Å². The van der Waals surface area contributed by atoms with Crippen LogP contribution in [0.1, 0.15) is 0 Å². The molecule has 0 saturated heterocycles. The lowest BCUT2D eigenvalue weighted by molar-refractivity contribution is 0.183. The Kier molecular flexibility index (Phi) is 3.61. The van der Waals surface area contributed by atoms with Crippen molar-refractivity contribution < 1.29 is 4.74 Å². The summed E-state index contributed by atoms with van der Waals surface area (Å²) in [4.78, 5) is 4.18. The second-order valence-electron chi connectivity index (χ2n) is 3.57. The Hall–Kier alpha value is -1.59. The number of nitrogens with two attached hydrogens (primary N) is 1. The van der Waals surface area contributed by atoms with Gasteiger partial charge in [-0.25, -0.2) is 4.98 Å². The van der Waals surface area contributed by atoms with Crippen LogP contribution in [-0.2, 0) is 11.3 Å². The predicted octanol–water partition coefficient (Wildman–Crippen LogP) is 1.83. The van der Waals surface area contributed by atoms with Crippen LogP contribution in [0.3, 0.4) is 0 Å². The lowest BCUT2D eigenvalue weighted by Gasteiger charge is -2.01. The first-order valence-corrected chi connectivity index (χ1v) is 5.52. The number of rotatable bonds is 4. The van der Waals surface area contributed by atoms with Crippen molar-refractivity contribution in [2.75, 3.05) is 19.5 Å². The van der Waals surface area contributed by atoms with Gasteiger partial charge in [-0.2, -0.15) is 5.10 Å². The van der Waals surface area contributed by atoms with Crippen LogP contribution in [0, 0.1) is 0 Å². The summed E-state index contributed by atoms with van der Waals surface area (Å²) in [6.07, 6.45) is 1.87. The average Bonchev–Trinajstić information content (AvgIpc) is 2.73. The van der Waals surface area contributed by atoms with Crippen molar-refractivity contribution in [1.82, 2.24) is 14.8 Å². The zero-order chi connectivity index (χ0) is 12.3. The van der Waals surface area contributed by atoms with Crippen molar-refractivity contribution in [1.29, 1.82) is 0 Å². The molecule has 17 heavy (non-hydrogen) atoms. The lowest BCUT2D eigenvalue weighted by atomic mass is 10.2. The molecule has 0 amide bonds. The van der Waals surface area contributed by atoms with Gasteiger partial charge in [0.05, 0.1) is 18.8 Å². The van der Waals surface area contributed by atoms with Gasteiger partial charge in [0.25, 0.3) is 0 Å². The molecule has 0 atom stereocenters. The van der Waals surface area contributed by atoms with E-state index in [0.717, 1.165) is 5.69 Å². The van der Waals surface area contributed by atoms with Gasteiger partial charge in [0.1, 0.15) is 10.8 Å². The molecule has 2 aromatic heterocycles. The molecule has 90 valence electrons. The number of methoxy groups -OCH3 is 1. The van der Waals surface area contributed by atoms with Crippen molar-refractivity contribution in [3.8, 4) is 11.4 Å². The van der Waals surface area contributed by atoms with Crippen LogP contribution in [0.15, 0.2) is 24.4 Å². The molecule has 2 rings (SSSR count). The van der Waals surface area contributed by atoms with E-state index < -0.39 is 0 Å². The quantitative estimate of drug-likeness (QED) is 0.843. The van der Waals surface area contributed by atoms with Gasteiger partial charge in [-0.1, -0.05) is 11.6 Å². The topological polar surface area (TPSA) is 66.0 Å². The molecule has 0 aliphatic heterocycles. The molecule has 5 nitrogen and oxygen atoms in total. The molecular formula is C11H13ClN4O. The van der Waals surface area contributed by atoms with Gasteiger partial charge in [-0.05, 0) is 18.2 Å². The highest BCUT2D eigenvalue weighted by atomic mass is 35.5. The standard InChI is InChI=1S/C11H13ClN4O/c1-17-5-4-16-3-2-9(15-16)10-6-8(13)7-11(12)14-10/h2-3,6-7H,4-5H2,1H3,(H2,13,14). The number of halogens is 1. The van der Waals surface area contributed by atoms with E-state index in [4.69, 9.17) is 22.1 Å². The fourth-order valence-corrected chi connectivity index (χ4v) is 1.67. The van der Waals surface area contributed by atoms with Crippen LogP contribution < -0.4 is 5.73 Å². The van der Waals surface area contributed by atoms with Gasteiger partial charge in [-0.3, -0.25) is 4.68 Å². The van der Waals surface area contributed by atoms with Crippen molar-refractivity contribution in [2.45, 2.75) is 6.54 Å². The van der Waals surface area contributed by atoms with Crippen LogP contribution in [-0.4, -0.2) is 28.5 Å². The predicted molar refractivity (Wildman–Crippen MR) is 66.8 cm³/mol. The molecule has 0 bridgehead atoms. The third-order valence-electron chi connectivity index (χ3n) is 2.24. The Bertz CT molecular complexity index is 492. The number of aromatic nitrogens is 3. The van der Waals surface area contributed by atoms with E-state index in [9.17, 15) is 0 Å². The maximum atomic E-state index is 5.84. The van der Waals surface area contributed by atoms with Crippen molar-refractivity contribution in [3.63, 3.8) is 0 Å². The maximum Gasteiger partial charge on any atom is 0.131 e.